The number of amides is 2. The normalized spacial score (nSPS) is 19.9. The molecule has 0 spiro atoms. The molecular formula is C15H17NO3. The van der Waals surface area contributed by atoms with E-state index in [1.54, 1.807) is 6.92 Å². The van der Waals surface area contributed by atoms with Crippen molar-refractivity contribution in [1.29, 1.82) is 0 Å². The largest absolute Gasteiger partial charge is 0.447 e. The molecule has 100 valence electrons. The van der Waals surface area contributed by atoms with E-state index < -0.39 is 6.09 Å². The SMILES string of the molecule is C=CC(C)C(=O)N1C(=O)OCC1Cc1ccccc1. The lowest BCUT2D eigenvalue weighted by Gasteiger charge is -2.21. The van der Waals surface area contributed by atoms with Gasteiger partial charge in [0.1, 0.15) is 6.61 Å². The van der Waals surface area contributed by atoms with E-state index in [1.807, 2.05) is 30.3 Å². The van der Waals surface area contributed by atoms with Crippen molar-refractivity contribution in [1.82, 2.24) is 4.90 Å². The highest BCUT2D eigenvalue weighted by Crippen LogP contribution is 2.20. The van der Waals surface area contributed by atoms with E-state index in [2.05, 4.69) is 6.58 Å². The molecule has 1 aliphatic rings. The molecule has 2 unspecified atom stereocenters. The summed E-state index contributed by atoms with van der Waals surface area (Å²) in [7, 11) is 0. The molecule has 1 aromatic rings. The van der Waals surface area contributed by atoms with Gasteiger partial charge >= 0.3 is 6.09 Å². The molecule has 4 heteroatoms. The Morgan fingerprint density at radius 2 is 2.21 bits per heavy atom. The van der Waals surface area contributed by atoms with E-state index in [0.717, 1.165) is 5.56 Å². The van der Waals surface area contributed by atoms with Crippen LogP contribution in [0.2, 0.25) is 0 Å². The summed E-state index contributed by atoms with van der Waals surface area (Å²) < 4.78 is 5.00. The van der Waals surface area contributed by atoms with Gasteiger partial charge in [-0.3, -0.25) is 4.79 Å². The summed E-state index contributed by atoms with van der Waals surface area (Å²) in [5, 5.41) is 0. The number of benzene rings is 1. The maximum Gasteiger partial charge on any atom is 0.417 e. The third kappa shape index (κ3) is 2.84. The van der Waals surface area contributed by atoms with Crippen LogP contribution >= 0.6 is 0 Å². The van der Waals surface area contributed by atoms with Crippen molar-refractivity contribution in [3.8, 4) is 0 Å². The van der Waals surface area contributed by atoms with Crippen molar-refractivity contribution in [3.05, 3.63) is 48.6 Å². The predicted molar refractivity (Wildman–Crippen MR) is 71.5 cm³/mol. The van der Waals surface area contributed by atoms with Crippen LogP contribution in [-0.4, -0.2) is 29.5 Å². The lowest BCUT2D eigenvalue weighted by molar-refractivity contribution is -0.131. The summed E-state index contributed by atoms with van der Waals surface area (Å²) in [6, 6.07) is 9.52. The molecule has 0 bridgehead atoms. The van der Waals surface area contributed by atoms with Gasteiger partial charge in [-0.1, -0.05) is 43.3 Å². The highest BCUT2D eigenvalue weighted by Gasteiger charge is 2.38. The number of nitrogens with zero attached hydrogens (tertiary/aromatic N) is 1. The molecule has 4 nitrogen and oxygen atoms in total. The molecule has 0 radical (unpaired) electrons. The molecule has 2 rings (SSSR count). The number of hydrogen-bond donors (Lipinski definition) is 0. The lowest BCUT2D eigenvalue weighted by atomic mass is 10.0. The fourth-order valence-corrected chi connectivity index (χ4v) is 2.09. The fraction of sp³-hybridized carbons (Fsp3) is 0.333. The van der Waals surface area contributed by atoms with E-state index in [1.165, 1.54) is 11.0 Å². The Morgan fingerprint density at radius 3 is 2.84 bits per heavy atom. The number of carbonyl (C=O) groups is 2. The summed E-state index contributed by atoms with van der Waals surface area (Å²) in [6.45, 7) is 5.56. The van der Waals surface area contributed by atoms with Crippen molar-refractivity contribution in [2.75, 3.05) is 6.61 Å². The Balaban J connectivity index is 2.13. The van der Waals surface area contributed by atoms with Gasteiger partial charge in [-0.25, -0.2) is 9.69 Å². The van der Waals surface area contributed by atoms with Crippen molar-refractivity contribution >= 4 is 12.0 Å². The van der Waals surface area contributed by atoms with Crippen LogP contribution in [0.1, 0.15) is 12.5 Å². The van der Waals surface area contributed by atoms with Crippen molar-refractivity contribution < 1.29 is 14.3 Å². The quantitative estimate of drug-likeness (QED) is 0.780. The van der Waals surface area contributed by atoms with E-state index in [4.69, 9.17) is 4.74 Å². The van der Waals surface area contributed by atoms with E-state index in [-0.39, 0.29) is 24.5 Å². The average Bonchev–Trinajstić information content (AvgIpc) is 2.79. The van der Waals surface area contributed by atoms with Crippen molar-refractivity contribution in [2.24, 2.45) is 5.92 Å². The van der Waals surface area contributed by atoms with Crippen LogP contribution < -0.4 is 0 Å². The van der Waals surface area contributed by atoms with Gasteiger partial charge < -0.3 is 4.74 Å². The average molecular weight is 259 g/mol. The second-order valence-corrected chi connectivity index (χ2v) is 4.65. The molecule has 1 saturated heterocycles. The smallest absolute Gasteiger partial charge is 0.417 e. The molecule has 1 aliphatic heterocycles. The Bertz CT molecular complexity index is 483. The minimum atomic E-state index is -0.556. The molecule has 1 aromatic carbocycles. The van der Waals surface area contributed by atoms with Gasteiger partial charge in [0.2, 0.25) is 5.91 Å². The first-order valence-electron chi connectivity index (χ1n) is 6.29. The van der Waals surface area contributed by atoms with E-state index in [9.17, 15) is 9.59 Å². The van der Waals surface area contributed by atoms with Crippen LogP contribution in [0.3, 0.4) is 0 Å². The Labute approximate surface area is 112 Å². The van der Waals surface area contributed by atoms with Crippen molar-refractivity contribution in [2.45, 2.75) is 19.4 Å². The fourth-order valence-electron chi connectivity index (χ4n) is 2.09. The molecule has 2 atom stereocenters. The number of ether oxygens (including phenoxy) is 1. The lowest BCUT2D eigenvalue weighted by Crippen LogP contribution is -2.42. The first-order valence-corrected chi connectivity index (χ1v) is 6.29. The Hall–Kier alpha value is -2.10. The van der Waals surface area contributed by atoms with Gasteiger partial charge in [0.15, 0.2) is 0 Å². The summed E-state index contributed by atoms with van der Waals surface area (Å²) in [5.74, 6) is -0.637. The number of rotatable bonds is 4. The van der Waals surface area contributed by atoms with E-state index in [0.29, 0.717) is 6.42 Å². The second kappa shape index (κ2) is 5.69. The molecule has 0 saturated carbocycles. The maximum absolute atomic E-state index is 12.1. The molecule has 0 aliphatic carbocycles. The highest BCUT2D eigenvalue weighted by molar-refractivity contribution is 5.95. The summed E-state index contributed by atoms with van der Waals surface area (Å²) >= 11 is 0. The first-order chi connectivity index (χ1) is 9.13. The summed E-state index contributed by atoms with van der Waals surface area (Å²) in [4.78, 5) is 25.0. The zero-order valence-corrected chi connectivity index (χ0v) is 10.9. The van der Waals surface area contributed by atoms with E-state index >= 15 is 0 Å². The Morgan fingerprint density at radius 1 is 1.53 bits per heavy atom. The number of cyclic esters (lactones) is 1. The molecule has 19 heavy (non-hydrogen) atoms. The monoisotopic (exact) mass is 259 g/mol. The summed E-state index contributed by atoms with van der Waals surface area (Å²) in [6.07, 6.45) is 1.59. The van der Waals surface area contributed by atoms with Crippen LogP contribution in [0.5, 0.6) is 0 Å². The molecule has 1 fully saturated rings. The third-order valence-corrected chi connectivity index (χ3v) is 3.26. The van der Waals surface area contributed by atoms with Crippen LogP contribution in [-0.2, 0) is 16.0 Å². The topological polar surface area (TPSA) is 46.6 Å². The zero-order chi connectivity index (χ0) is 13.8. The van der Waals surface area contributed by atoms with Crippen LogP contribution in [0.4, 0.5) is 4.79 Å². The maximum atomic E-state index is 12.1. The van der Waals surface area contributed by atoms with Crippen LogP contribution in [0, 0.1) is 5.92 Å². The molecule has 0 N–H and O–H groups in total. The number of carbonyl (C=O) groups excluding carboxylic acids is 2. The van der Waals surface area contributed by atoms with Gasteiger partial charge in [0.25, 0.3) is 0 Å². The molecule has 2 amide bonds. The van der Waals surface area contributed by atoms with Gasteiger partial charge in [0, 0.05) is 0 Å². The predicted octanol–water partition coefficient (Wildman–Crippen LogP) is 2.40. The minimum Gasteiger partial charge on any atom is -0.447 e. The van der Waals surface area contributed by atoms with Crippen LogP contribution in [0.25, 0.3) is 0 Å². The second-order valence-electron chi connectivity index (χ2n) is 4.65. The molecule has 1 heterocycles. The van der Waals surface area contributed by atoms with Gasteiger partial charge in [0.05, 0.1) is 12.0 Å². The molecular weight excluding hydrogens is 242 g/mol. The Kier molecular flexibility index (Phi) is 4.00. The van der Waals surface area contributed by atoms with Gasteiger partial charge in [-0.15, -0.1) is 6.58 Å². The van der Waals surface area contributed by atoms with Gasteiger partial charge in [-0.05, 0) is 12.0 Å². The number of hydrogen-bond acceptors (Lipinski definition) is 3. The summed E-state index contributed by atoms with van der Waals surface area (Å²) in [5.41, 5.74) is 1.08. The van der Waals surface area contributed by atoms with Crippen LogP contribution in [0.15, 0.2) is 43.0 Å². The minimum absolute atomic E-state index is 0.232. The highest BCUT2D eigenvalue weighted by atomic mass is 16.6. The first kappa shape index (κ1) is 13.3. The third-order valence-electron chi connectivity index (χ3n) is 3.26. The van der Waals surface area contributed by atoms with Gasteiger partial charge in [-0.2, -0.15) is 0 Å². The van der Waals surface area contributed by atoms with Crippen molar-refractivity contribution in [3.63, 3.8) is 0 Å². The standard InChI is InChI=1S/C15H17NO3/c1-3-11(2)14(17)16-13(10-19-15(16)18)9-12-7-5-4-6-8-12/h3-8,11,13H,1,9-10H2,2H3. The zero-order valence-electron chi connectivity index (χ0n) is 10.9. The number of imide groups is 1. The molecule has 0 aromatic heterocycles.